The van der Waals surface area contributed by atoms with Gasteiger partial charge in [-0.25, -0.2) is 9.50 Å². The zero-order chi connectivity index (χ0) is 22.9. The van der Waals surface area contributed by atoms with Gasteiger partial charge in [0.25, 0.3) is 5.91 Å². The summed E-state index contributed by atoms with van der Waals surface area (Å²) in [7, 11) is 0. The van der Waals surface area contributed by atoms with E-state index in [0.717, 1.165) is 11.3 Å². The van der Waals surface area contributed by atoms with E-state index in [-0.39, 0.29) is 36.2 Å². The number of amides is 2. The minimum absolute atomic E-state index is 0.0625. The molecule has 4 heterocycles. The molecule has 0 unspecified atom stereocenters. The third kappa shape index (κ3) is 3.12. The van der Waals surface area contributed by atoms with Gasteiger partial charge in [-0.2, -0.15) is 5.10 Å². The number of nitrogens with one attached hydrogen (secondary N) is 1. The summed E-state index contributed by atoms with van der Waals surface area (Å²) in [5.41, 5.74) is 8.06. The molecule has 2 aromatic heterocycles. The molecule has 6 rings (SSSR count). The molecule has 2 amide bonds. The summed E-state index contributed by atoms with van der Waals surface area (Å²) >= 11 is 0. The van der Waals surface area contributed by atoms with Crippen molar-refractivity contribution in [3.63, 3.8) is 0 Å². The third-order valence-corrected chi connectivity index (χ3v) is 7.07. The largest absolute Gasteiger partial charge is 0.484 e. The number of fused-ring (bicyclic) bond motifs is 3. The highest BCUT2D eigenvalue weighted by Gasteiger charge is 2.59. The van der Waals surface area contributed by atoms with Crippen LogP contribution in [0.1, 0.15) is 22.8 Å². The Morgan fingerprint density at radius 3 is 2.85 bits per heavy atom. The van der Waals surface area contributed by atoms with Gasteiger partial charge in [-0.3, -0.25) is 9.59 Å². The van der Waals surface area contributed by atoms with E-state index in [0.29, 0.717) is 42.2 Å². The molecule has 1 saturated carbocycles. The van der Waals surface area contributed by atoms with Crippen molar-refractivity contribution in [1.29, 1.82) is 0 Å². The minimum Gasteiger partial charge on any atom is -0.484 e. The average molecular weight is 448 g/mol. The van der Waals surface area contributed by atoms with Crippen LogP contribution in [0.25, 0.3) is 5.65 Å². The summed E-state index contributed by atoms with van der Waals surface area (Å²) in [5.74, 6) is 0.568. The molecular weight excluding hydrogens is 424 g/mol. The number of primary amides is 1. The molecule has 1 saturated heterocycles. The van der Waals surface area contributed by atoms with E-state index in [9.17, 15) is 14.7 Å². The maximum absolute atomic E-state index is 13.2. The lowest BCUT2D eigenvalue weighted by Crippen LogP contribution is -2.34. The van der Waals surface area contributed by atoms with Gasteiger partial charge in [0, 0.05) is 49.5 Å². The molecule has 33 heavy (non-hydrogen) atoms. The van der Waals surface area contributed by atoms with E-state index in [2.05, 4.69) is 20.3 Å². The van der Waals surface area contributed by atoms with E-state index >= 15 is 0 Å². The maximum atomic E-state index is 13.2. The average Bonchev–Trinajstić information content (AvgIpc) is 3.15. The van der Waals surface area contributed by atoms with Crippen LogP contribution >= 0.6 is 0 Å². The zero-order valence-corrected chi connectivity index (χ0v) is 18.1. The van der Waals surface area contributed by atoms with Gasteiger partial charge in [0.05, 0.1) is 24.2 Å². The molecule has 2 fully saturated rings. The van der Waals surface area contributed by atoms with E-state index in [1.54, 1.807) is 23.0 Å². The number of nitrogens with zero attached hydrogens (tertiary/aromatic N) is 4. The van der Waals surface area contributed by atoms with E-state index in [1.165, 1.54) is 6.20 Å². The van der Waals surface area contributed by atoms with Crippen molar-refractivity contribution in [2.24, 2.45) is 23.5 Å². The number of nitrogens with two attached hydrogens (primary N) is 1. The van der Waals surface area contributed by atoms with Gasteiger partial charge in [0.15, 0.2) is 5.65 Å². The smallest absolute Gasteiger partial charge is 0.261 e. The van der Waals surface area contributed by atoms with E-state index in [1.807, 2.05) is 19.1 Å². The van der Waals surface area contributed by atoms with Crippen molar-refractivity contribution in [3.8, 4) is 5.75 Å². The van der Waals surface area contributed by atoms with Crippen LogP contribution in [0.5, 0.6) is 5.75 Å². The quantitative estimate of drug-likeness (QED) is 0.526. The highest BCUT2D eigenvalue weighted by Crippen LogP contribution is 2.54. The lowest BCUT2D eigenvalue weighted by Gasteiger charge is -2.25. The van der Waals surface area contributed by atoms with Gasteiger partial charge >= 0.3 is 0 Å². The summed E-state index contributed by atoms with van der Waals surface area (Å²) in [6.45, 7) is 3.13. The molecule has 0 spiro atoms. The molecule has 1 aromatic carbocycles. The Hall–Kier alpha value is -3.66. The molecule has 1 aliphatic carbocycles. The normalized spacial score (nSPS) is 27.2. The second-order valence-corrected chi connectivity index (χ2v) is 9.43. The van der Waals surface area contributed by atoms with Gasteiger partial charge in [0.1, 0.15) is 16.9 Å². The van der Waals surface area contributed by atoms with Crippen LogP contribution in [0, 0.1) is 17.8 Å². The topological polar surface area (TPSA) is 135 Å². The molecular formula is C23H24N6O4. The van der Waals surface area contributed by atoms with Crippen molar-refractivity contribution in [2.75, 3.05) is 29.9 Å². The first-order valence-corrected chi connectivity index (χ1v) is 11.0. The molecule has 10 heteroatoms. The molecule has 0 radical (unpaired) electrons. The number of benzene rings is 1. The minimum atomic E-state index is -0.696. The van der Waals surface area contributed by atoms with Gasteiger partial charge < -0.3 is 25.8 Å². The Kier molecular flexibility index (Phi) is 4.19. The number of carbonyl (C=O) groups is 2. The van der Waals surface area contributed by atoms with Crippen molar-refractivity contribution < 1.29 is 19.4 Å². The molecule has 0 bridgehead atoms. The van der Waals surface area contributed by atoms with Crippen LogP contribution < -0.4 is 20.7 Å². The van der Waals surface area contributed by atoms with Crippen LogP contribution in [-0.2, 0) is 11.2 Å². The number of hydrogen-bond donors (Lipinski definition) is 3. The lowest BCUT2D eigenvalue weighted by molar-refractivity contribution is -0.119. The number of carbonyl (C=O) groups excluding carboxylic acids is 2. The number of hydrogen-bond acceptors (Lipinski definition) is 7. The zero-order valence-electron chi connectivity index (χ0n) is 18.1. The summed E-state index contributed by atoms with van der Waals surface area (Å²) < 4.78 is 7.60. The Bertz CT molecular complexity index is 1290. The van der Waals surface area contributed by atoms with E-state index in [4.69, 9.17) is 10.5 Å². The van der Waals surface area contributed by atoms with Crippen molar-refractivity contribution >= 4 is 28.8 Å². The third-order valence-electron chi connectivity index (χ3n) is 7.07. The Balaban J connectivity index is 1.34. The van der Waals surface area contributed by atoms with Crippen LogP contribution in [0.2, 0.25) is 0 Å². The maximum Gasteiger partial charge on any atom is 0.261 e. The van der Waals surface area contributed by atoms with Crippen LogP contribution in [-0.4, -0.2) is 56.8 Å². The lowest BCUT2D eigenvalue weighted by atomic mass is 9.99. The predicted molar refractivity (Wildman–Crippen MR) is 119 cm³/mol. The monoisotopic (exact) mass is 448 g/mol. The fourth-order valence-corrected chi connectivity index (χ4v) is 5.32. The summed E-state index contributed by atoms with van der Waals surface area (Å²) in [6, 6.07) is 5.58. The Labute approximate surface area is 189 Å². The number of aliphatic hydroxyl groups excluding tert-OH is 1. The molecule has 4 N–H and O–H groups in total. The molecule has 3 aromatic rings. The first-order valence-electron chi connectivity index (χ1n) is 11.0. The summed E-state index contributed by atoms with van der Waals surface area (Å²) in [4.78, 5) is 31.2. The van der Waals surface area contributed by atoms with Gasteiger partial charge in [-0.05, 0) is 30.9 Å². The van der Waals surface area contributed by atoms with E-state index < -0.39 is 5.60 Å². The SMILES string of the molecule is C[C@]1(CO)Cc2cc(NC(=O)c3cnn4cccnc34)c(N3C[C@@H]4[C@H](C3)[C@@H]4C(N)=O)cc2O1. The number of piperidine rings is 1. The Morgan fingerprint density at radius 2 is 2.12 bits per heavy atom. The number of ether oxygens (including phenoxy) is 1. The fraction of sp³-hybridized carbons (Fsp3) is 0.391. The number of rotatable bonds is 5. The second kappa shape index (κ2) is 6.92. The molecule has 3 aliphatic rings. The summed E-state index contributed by atoms with van der Waals surface area (Å²) in [5, 5.41) is 17.0. The number of aromatic nitrogens is 3. The first-order chi connectivity index (χ1) is 15.9. The first kappa shape index (κ1) is 20.0. The molecule has 4 atom stereocenters. The van der Waals surface area contributed by atoms with Crippen molar-refractivity contribution in [2.45, 2.75) is 18.9 Å². The van der Waals surface area contributed by atoms with Gasteiger partial charge in [0.2, 0.25) is 5.91 Å². The molecule has 170 valence electrons. The molecule has 10 nitrogen and oxygen atoms in total. The van der Waals surface area contributed by atoms with Crippen LogP contribution in [0.15, 0.2) is 36.8 Å². The molecule has 2 aliphatic heterocycles. The van der Waals surface area contributed by atoms with Crippen LogP contribution in [0.4, 0.5) is 11.4 Å². The predicted octanol–water partition coefficient (Wildman–Crippen LogP) is 0.835. The van der Waals surface area contributed by atoms with Crippen molar-refractivity contribution in [1.82, 2.24) is 14.6 Å². The highest BCUT2D eigenvalue weighted by molar-refractivity contribution is 6.09. The highest BCUT2D eigenvalue weighted by atomic mass is 16.5. The number of aliphatic hydroxyl groups is 1. The van der Waals surface area contributed by atoms with Gasteiger partial charge in [-0.15, -0.1) is 0 Å². The van der Waals surface area contributed by atoms with Gasteiger partial charge in [-0.1, -0.05) is 0 Å². The Morgan fingerprint density at radius 1 is 1.33 bits per heavy atom. The standard InChI is InChI=1S/C23H24N6O4/c1-23(11-30)7-12-5-16(27-22(32)13-8-26-29-4-2-3-25-21(13)29)17(6-18(12)33-23)28-9-14-15(10-28)19(14)20(24)31/h2-6,8,14-15,19,30H,7,9-11H2,1H3,(H2,24,31)(H,27,32)/t14-,15+,19-,23-/m1/s1. The summed E-state index contributed by atoms with van der Waals surface area (Å²) in [6.07, 6.45) is 5.39. The fourth-order valence-electron chi connectivity index (χ4n) is 5.32. The van der Waals surface area contributed by atoms with Crippen molar-refractivity contribution in [3.05, 3.63) is 47.9 Å². The van der Waals surface area contributed by atoms with Crippen LogP contribution in [0.3, 0.4) is 0 Å². The number of anilines is 2. The second-order valence-electron chi connectivity index (χ2n) is 9.43.